The summed E-state index contributed by atoms with van der Waals surface area (Å²) in [7, 11) is 0. The minimum Gasteiger partial charge on any atom is -0.465 e. The summed E-state index contributed by atoms with van der Waals surface area (Å²) >= 11 is 0. The Bertz CT molecular complexity index is 902. The van der Waals surface area contributed by atoms with Crippen molar-refractivity contribution in [2.75, 3.05) is 6.61 Å². The van der Waals surface area contributed by atoms with Crippen LogP contribution in [0.25, 0.3) is 0 Å². The average Bonchev–Trinajstić information content (AvgIpc) is 2.74. The molecule has 0 bridgehead atoms. The molecule has 0 spiro atoms. The number of benzene rings is 1. The van der Waals surface area contributed by atoms with Gasteiger partial charge in [0.05, 0.1) is 12.5 Å². The Balaban J connectivity index is 1.76. The van der Waals surface area contributed by atoms with Crippen LogP contribution in [0.15, 0.2) is 72.6 Å². The monoisotopic (exact) mass is 424 g/mol. The molecule has 1 atom stereocenters. The standard InChI is InChI=1S/C25H28O6/c1-17(2)24(27)29-16-15-20-7-10-21(11-8-20)30-23(26)14-9-19-5-12-22(13-6-19)31-25(28)18(3)4/h5,7-14,17,19H,3,6,15-16H2,1-2,4H3/b14-9+. The number of hydrogen-bond acceptors (Lipinski definition) is 6. The van der Waals surface area contributed by atoms with Crippen molar-refractivity contribution in [3.05, 3.63) is 78.1 Å². The number of hydrogen-bond donors (Lipinski definition) is 0. The highest BCUT2D eigenvalue weighted by molar-refractivity contribution is 5.88. The van der Waals surface area contributed by atoms with E-state index < -0.39 is 11.9 Å². The molecular weight excluding hydrogens is 396 g/mol. The number of carbonyl (C=O) groups is 3. The first kappa shape index (κ1) is 23.9. The first-order valence-corrected chi connectivity index (χ1v) is 10.2. The number of ether oxygens (including phenoxy) is 3. The summed E-state index contributed by atoms with van der Waals surface area (Å²) in [6, 6.07) is 7.07. The van der Waals surface area contributed by atoms with Crippen molar-refractivity contribution in [1.29, 1.82) is 0 Å². The maximum atomic E-state index is 12.1. The van der Waals surface area contributed by atoms with Gasteiger partial charge in [-0.1, -0.05) is 44.7 Å². The molecule has 0 saturated heterocycles. The van der Waals surface area contributed by atoms with Crippen LogP contribution < -0.4 is 4.74 Å². The van der Waals surface area contributed by atoms with E-state index in [4.69, 9.17) is 14.2 Å². The van der Waals surface area contributed by atoms with Crippen LogP contribution in [0.5, 0.6) is 5.75 Å². The fourth-order valence-corrected chi connectivity index (χ4v) is 2.54. The summed E-state index contributed by atoms with van der Waals surface area (Å²) < 4.78 is 15.6. The van der Waals surface area contributed by atoms with Gasteiger partial charge in [-0.05, 0) is 49.1 Å². The lowest BCUT2D eigenvalue weighted by Gasteiger charge is -2.12. The molecule has 1 aliphatic carbocycles. The summed E-state index contributed by atoms with van der Waals surface area (Å²) in [5.74, 6) is -0.381. The average molecular weight is 424 g/mol. The van der Waals surface area contributed by atoms with E-state index in [0.717, 1.165) is 5.56 Å². The minimum absolute atomic E-state index is 0.00996. The van der Waals surface area contributed by atoms with Crippen molar-refractivity contribution in [3.63, 3.8) is 0 Å². The molecule has 0 heterocycles. The van der Waals surface area contributed by atoms with E-state index in [-0.39, 0.29) is 17.8 Å². The van der Waals surface area contributed by atoms with Crippen molar-refractivity contribution >= 4 is 17.9 Å². The summed E-state index contributed by atoms with van der Waals surface area (Å²) in [4.78, 5) is 35.0. The van der Waals surface area contributed by atoms with Crippen LogP contribution in [0, 0.1) is 11.8 Å². The van der Waals surface area contributed by atoms with Crippen molar-refractivity contribution in [2.45, 2.75) is 33.6 Å². The SMILES string of the molecule is C=C(C)C(=O)OC1=CCC(/C=C/C(=O)Oc2ccc(CCOC(=O)C(C)C)cc2)C=C1. The van der Waals surface area contributed by atoms with Crippen LogP contribution >= 0.6 is 0 Å². The Hall–Kier alpha value is -3.41. The predicted molar refractivity (Wildman–Crippen MR) is 117 cm³/mol. The zero-order valence-electron chi connectivity index (χ0n) is 18.1. The second kappa shape index (κ2) is 11.7. The van der Waals surface area contributed by atoms with E-state index in [2.05, 4.69) is 6.58 Å². The zero-order chi connectivity index (χ0) is 22.8. The lowest BCUT2D eigenvalue weighted by atomic mass is 9.99. The third kappa shape index (κ3) is 8.46. The van der Waals surface area contributed by atoms with E-state index in [1.165, 1.54) is 6.08 Å². The molecule has 0 fully saturated rings. The van der Waals surface area contributed by atoms with Gasteiger partial charge in [0.25, 0.3) is 0 Å². The third-order valence-electron chi connectivity index (χ3n) is 4.39. The molecule has 1 unspecified atom stereocenters. The fourth-order valence-electron chi connectivity index (χ4n) is 2.54. The smallest absolute Gasteiger partial charge is 0.338 e. The number of esters is 3. The van der Waals surface area contributed by atoms with Crippen molar-refractivity contribution < 1.29 is 28.6 Å². The van der Waals surface area contributed by atoms with Crippen LogP contribution in [0.1, 0.15) is 32.8 Å². The first-order chi connectivity index (χ1) is 14.7. The van der Waals surface area contributed by atoms with Crippen molar-refractivity contribution in [2.24, 2.45) is 11.8 Å². The molecular formula is C25H28O6. The second-order valence-corrected chi connectivity index (χ2v) is 7.53. The van der Waals surface area contributed by atoms with E-state index in [0.29, 0.717) is 36.5 Å². The van der Waals surface area contributed by atoms with Crippen LogP contribution in [0.4, 0.5) is 0 Å². The molecule has 6 heteroatoms. The van der Waals surface area contributed by atoms with Gasteiger partial charge in [0, 0.05) is 18.1 Å². The highest BCUT2D eigenvalue weighted by Crippen LogP contribution is 2.19. The molecule has 0 aromatic heterocycles. The maximum Gasteiger partial charge on any atom is 0.338 e. The third-order valence-corrected chi connectivity index (χ3v) is 4.39. The van der Waals surface area contributed by atoms with Gasteiger partial charge in [-0.15, -0.1) is 0 Å². The van der Waals surface area contributed by atoms with Crippen LogP contribution in [-0.4, -0.2) is 24.5 Å². The summed E-state index contributed by atoms with van der Waals surface area (Å²) in [5.41, 5.74) is 1.32. The van der Waals surface area contributed by atoms with E-state index in [9.17, 15) is 14.4 Å². The number of rotatable bonds is 9. The molecule has 2 rings (SSSR count). The van der Waals surface area contributed by atoms with Crippen LogP contribution in [0.2, 0.25) is 0 Å². The lowest BCUT2D eigenvalue weighted by Crippen LogP contribution is -2.13. The highest BCUT2D eigenvalue weighted by Gasteiger charge is 2.12. The van der Waals surface area contributed by atoms with Crippen molar-refractivity contribution in [3.8, 4) is 5.75 Å². The van der Waals surface area contributed by atoms with Gasteiger partial charge < -0.3 is 14.2 Å². The molecule has 6 nitrogen and oxygen atoms in total. The van der Waals surface area contributed by atoms with Gasteiger partial charge in [0.15, 0.2) is 0 Å². The minimum atomic E-state index is -0.476. The van der Waals surface area contributed by atoms with Crippen LogP contribution in [-0.2, 0) is 30.3 Å². The summed E-state index contributed by atoms with van der Waals surface area (Å²) in [6.45, 7) is 9.03. The Kier molecular flexibility index (Phi) is 9.00. The predicted octanol–water partition coefficient (Wildman–Crippen LogP) is 4.47. The van der Waals surface area contributed by atoms with E-state index >= 15 is 0 Å². The molecule has 0 aliphatic heterocycles. The number of allylic oxidation sites excluding steroid dienone is 4. The van der Waals surface area contributed by atoms with Gasteiger partial charge >= 0.3 is 17.9 Å². The molecule has 0 saturated carbocycles. The Morgan fingerprint density at radius 2 is 1.87 bits per heavy atom. The lowest BCUT2D eigenvalue weighted by molar-refractivity contribution is -0.147. The molecule has 1 aromatic carbocycles. The second-order valence-electron chi connectivity index (χ2n) is 7.53. The van der Waals surface area contributed by atoms with Gasteiger partial charge in [-0.3, -0.25) is 4.79 Å². The topological polar surface area (TPSA) is 78.9 Å². The largest absolute Gasteiger partial charge is 0.465 e. The highest BCUT2D eigenvalue weighted by atomic mass is 16.5. The molecule has 164 valence electrons. The summed E-state index contributed by atoms with van der Waals surface area (Å²) in [6.07, 6.45) is 9.66. The fraction of sp³-hybridized carbons (Fsp3) is 0.320. The Morgan fingerprint density at radius 1 is 1.16 bits per heavy atom. The van der Waals surface area contributed by atoms with Gasteiger partial charge in [0.2, 0.25) is 0 Å². The van der Waals surface area contributed by atoms with Crippen molar-refractivity contribution in [1.82, 2.24) is 0 Å². The first-order valence-electron chi connectivity index (χ1n) is 10.2. The van der Waals surface area contributed by atoms with Crippen LogP contribution in [0.3, 0.4) is 0 Å². The Morgan fingerprint density at radius 3 is 2.45 bits per heavy atom. The molecule has 1 aliphatic rings. The molecule has 0 amide bonds. The van der Waals surface area contributed by atoms with Gasteiger partial charge in [-0.25, -0.2) is 9.59 Å². The Labute approximate surface area is 182 Å². The number of carbonyl (C=O) groups excluding carboxylic acids is 3. The van der Waals surface area contributed by atoms with E-state index in [1.54, 1.807) is 51.1 Å². The maximum absolute atomic E-state index is 12.1. The molecule has 31 heavy (non-hydrogen) atoms. The van der Waals surface area contributed by atoms with E-state index in [1.807, 2.05) is 18.2 Å². The van der Waals surface area contributed by atoms with Gasteiger partial charge in [0.1, 0.15) is 11.5 Å². The quantitative estimate of drug-likeness (QED) is 0.331. The molecule has 0 radical (unpaired) electrons. The van der Waals surface area contributed by atoms with Gasteiger partial charge in [-0.2, -0.15) is 0 Å². The molecule has 0 N–H and O–H groups in total. The summed E-state index contributed by atoms with van der Waals surface area (Å²) in [5, 5.41) is 0. The molecule has 1 aromatic rings. The normalized spacial score (nSPS) is 15.5. The zero-order valence-corrected chi connectivity index (χ0v) is 18.1.